The van der Waals surface area contributed by atoms with Crippen molar-refractivity contribution in [1.29, 1.82) is 0 Å². The highest BCUT2D eigenvalue weighted by molar-refractivity contribution is 5.93. The fourth-order valence-corrected chi connectivity index (χ4v) is 3.64. The van der Waals surface area contributed by atoms with Gasteiger partial charge in [0.15, 0.2) is 0 Å². The monoisotopic (exact) mass is 349 g/mol. The first-order valence-corrected chi connectivity index (χ1v) is 9.17. The second-order valence-electron chi connectivity index (χ2n) is 6.76. The smallest absolute Gasteiger partial charge is 0.269 e. The number of carbonyl (C=O) groups excluding carboxylic acids is 1. The summed E-state index contributed by atoms with van der Waals surface area (Å²) in [4.78, 5) is 16.3. The molecule has 1 amide bonds. The highest BCUT2D eigenvalue weighted by Gasteiger charge is 2.36. The molecule has 5 nitrogen and oxygen atoms in total. The lowest BCUT2D eigenvalue weighted by molar-refractivity contribution is 0.0816. The first-order valence-electron chi connectivity index (χ1n) is 9.17. The number of aromatic nitrogens is 1. The fourth-order valence-electron chi connectivity index (χ4n) is 3.64. The molecule has 0 bridgehead atoms. The van der Waals surface area contributed by atoms with Gasteiger partial charge in [-0.1, -0.05) is 24.3 Å². The maximum Gasteiger partial charge on any atom is 0.269 e. The Morgan fingerprint density at radius 3 is 2.77 bits per heavy atom. The number of hydrogen-bond donors (Lipinski definition) is 2. The van der Waals surface area contributed by atoms with Crippen LogP contribution in [0.15, 0.2) is 48.7 Å². The van der Waals surface area contributed by atoms with Crippen LogP contribution < -0.4 is 15.4 Å². The molecule has 0 atom stereocenters. The maximum atomic E-state index is 12.0. The van der Waals surface area contributed by atoms with Crippen LogP contribution in [0.3, 0.4) is 0 Å². The van der Waals surface area contributed by atoms with Crippen molar-refractivity contribution in [2.24, 2.45) is 0 Å². The summed E-state index contributed by atoms with van der Waals surface area (Å²) in [7, 11) is 0. The van der Waals surface area contributed by atoms with Crippen molar-refractivity contribution < 1.29 is 9.53 Å². The van der Waals surface area contributed by atoms with Crippen molar-refractivity contribution >= 4 is 11.5 Å². The zero-order chi connectivity index (χ0) is 18.0. The summed E-state index contributed by atoms with van der Waals surface area (Å²) in [6.07, 6.45) is 5.91. The van der Waals surface area contributed by atoms with Gasteiger partial charge in [0.2, 0.25) is 0 Å². The number of fused-ring (bicyclic) bond motifs is 1. The minimum Gasteiger partial charge on any atom is -0.482 e. The Balaban J connectivity index is 1.73. The van der Waals surface area contributed by atoms with Crippen molar-refractivity contribution in [2.75, 3.05) is 19.6 Å². The summed E-state index contributed by atoms with van der Waals surface area (Å²) >= 11 is 0. The second-order valence-corrected chi connectivity index (χ2v) is 6.76. The quantitative estimate of drug-likeness (QED) is 0.894. The summed E-state index contributed by atoms with van der Waals surface area (Å²) < 4.78 is 6.41. The van der Waals surface area contributed by atoms with Crippen LogP contribution in [-0.4, -0.2) is 36.1 Å². The molecule has 3 heterocycles. The molecular formula is C21H23N3O2. The number of para-hydroxylation sites is 1. The Hall–Kier alpha value is -2.66. The van der Waals surface area contributed by atoms with E-state index < -0.39 is 0 Å². The van der Waals surface area contributed by atoms with Gasteiger partial charge in [-0.25, -0.2) is 0 Å². The Kier molecular flexibility index (Phi) is 4.47. The second kappa shape index (κ2) is 6.92. The molecule has 0 radical (unpaired) electrons. The Morgan fingerprint density at radius 2 is 2.04 bits per heavy atom. The van der Waals surface area contributed by atoms with Gasteiger partial charge in [0.25, 0.3) is 5.91 Å². The van der Waals surface area contributed by atoms with Crippen LogP contribution in [0, 0.1) is 0 Å². The summed E-state index contributed by atoms with van der Waals surface area (Å²) in [5.41, 5.74) is 3.38. The predicted octanol–water partition coefficient (Wildman–Crippen LogP) is 2.78. The number of ether oxygens (including phenoxy) is 1. The third-order valence-electron chi connectivity index (χ3n) is 4.99. The molecule has 1 spiro atoms. The molecule has 1 aromatic carbocycles. The fraction of sp³-hybridized carbons (Fsp3) is 0.333. The van der Waals surface area contributed by atoms with Crippen molar-refractivity contribution in [1.82, 2.24) is 15.6 Å². The van der Waals surface area contributed by atoms with E-state index >= 15 is 0 Å². The topological polar surface area (TPSA) is 63.2 Å². The summed E-state index contributed by atoms with van der Waals surface area (Å²) in [5, 5.41) is 6.18. The molecule has 2 aliphatic heterocycles. The molecule has 0 unspecified atom stereocenters. The SMILES string of the molecule is CCNC(=O)c1ccc(C2=CC3(CCNCC3)Oc3ccccc32)cn1. The minimum atomic E-state index is -0.271. The van der Waals surface area contributed by atoms with Gasteiger partial charge in [0.1, 0.15) is 17.0 Å². The summed E-state index contributed by atoms with van der Waals surface area (Å²) in [6, 6.07) is 11.9. The molecule has 1 fully saturated rings. The van der Waals surface area contributed by atoms with E-state index in [0.29, 0.717) is 12.2 Å². The molecule has 4 rings (SSSR count). The van der Waals surface area contributed by atoms with Crippen LogP contribution in [0.4, 0.5) is 0 Å². The normalized spacial score (nSPS) is 17.8. The Labute approximate surface area is 153 Å². The van der Waals surface area contributed by atoms with Crippen LogP contribution in [0.25, 0.3) is 5.57 Å². The van der Waals surface area contributed by atoms with Gasteiger partial charge in [-0.3, -0.25) is 9.78 Å². The van der Waals surface area contributed by atoms with Crippen molar-refractivity contribution in [3.8, 4) is 5.75 Å². The van der Waals surface area contributed by atoms with Crippen molar-refractivity contribution in [3.05, 3.63) is 65.5 Å². The van der Waals surface area contributed by atoms with Crippen LogP contribution in [0.2, 0.25) is 0 Å². The lowest BCUT2D eigenvalue weighted by atomic mass is 9.83. The van der Waals surface area contributed by atoms with Gasteiger partial charge in [0, 0.05) is 36.7 Å². The average molecular weight is 349 g/mol. The molecular weight excluding hydrogens is 326 g/mol. The van der Waals surface area contributed by atoms with E-state index in [1.54, 1.807) is 12.3 Å². The molecule has 1 aromatic heterocycles. The minimum absolute atomic E-state index is 0.143. The van der Waals surface area contributed by atoms with E-state index in [1.807, 2.05) is 31.2 Å². The molecule has 0 saturated carbocycles. The number of amides is 1. The maximum absolute atomic E-state index is 12.0. The van der Waals surface area contributed by atoms with Crippen molar-refractivity contribution in [3.63, 3.8) is 0 Å². The number of piperidine rings is 1. The Bertz CT molecular complexity index is 837. The standard InChI is InChI=1S/C21H23N3O2/c1-2-23-20(25)18-8-7-15(14-24-18)17-13-21(9-11-22-12-10-21)26-19-6-4-3-5-16(17)19/h3-8,13-14,22H,2,9-12H2,1H3,(H,23,25). The van der Waals surface area contributed by atoms with E-state index in [1.165, 1.54) is 0 Å². The first-order chi connectivity index (χ1) is 12.7. The van der Waals surface area contributed by atoms with Gasteiger partial charge in [-0.2, -0.15) is 0 Å². The van der Waals surface area contributed by atoms with Crippen LogP contribution in [0.1, 0.15) is 41.4 Å². The zero-order valence-electron chi connectivity index (χ0n) is 14.9. The number of nitrogens with one attached hydrogen (secondary N) is 2. The lowest BCUT2D eigenvalue weighted by Gasteiger charge is -2.40. The predicted molar refractivity (Wildman–Crippen MR) is 101 cm³/mol. The van der Waals surface area contributed by atoms with E-state index in [9.17, 15) is 4.79 Å². The van der Waals surface area contributed by atoms with Crippen molar-refractivity contribution in [2.45, 2.75) is 25.4 Å². The zero-order valence-corrected chi connectivity index (χ0v) is 14.9. The third-order valence-corrected chi connectivity index (χ3v) is 4.99. The molecule has 134 valence electrons. The number of rotatable bonds is 3. The number of pyridine rings is 1. The molecule has 0 aliphatic carbocycles. The highest BCUT2D eigenvalue weighted by Crippen LogP contribution is 2.42. The third kappa shape index (κ3) is 3.10. The molecule has 2 N–H and O–H groups in total. The first kappa shape index (κ1) is 16.8. The van der Waals surface area contributed by atoms with Crippen LogP contribution >= 0.6 is 0 Å². The number of carbonyl (C=O) groups is 1. The van der Waals surface area contributed by atoms with E-state index in [-0.39, 0.29) is 11.5 Å². The number of benzene rings is 1. The van der Waals surface area contributed by atoms with E-state index in [4.69, 9.17) is 4.74 Å². The van der Waals surface area contributed by atoms with E-state index in [0.717, 1.165) is 48.4 Å². The van der Waals surface area contributed by atoms with Gasteiger partial charge in [-0.05, 0) is 43.8 Å². The lowest BCUT2D eigenvalue weighted by Crippen LogP contribution is -2.46. The van der Waals surface area contributed by atoms with Gasteiger partial charge >= 0.3 is 0 Å². The Morgan fingerprint density at radius 1 is 1.23 bits per heavy atom. The molecule has 1 saturated heterocycles. The number of nitrogens with zero attached hydrogens (tertiary/aromatic N) is 1. The number of hydrogen-bond acceptors (Lipinski definition) is 4. The van der Waals surface area contributed by atoms with Crippen LogP contribution in [0.5, 0.6) is 5.75 Å². The van der Waals surface area contributed by atoms with Crippen LogP contribution in [-0.2, 0) is 0 Å². The molecule has 26 heavy (non-hydrogen) atoms. The van der Waals surface area contributed by atoms with E-state index in [2.05, 4.69) is 27.8 Å². The van der Waals surface area contributed by atoms with Gasteiger partial charge < -0.3 is 15.4 Å². The summed E-state index contributed by atoms with van der Waals surface area (Å²) in [5.74, 6) is 0.773. The van der Waals surface area contributed by atoms with Gasteiger partial charge in [0.05, 0.1) is 0 Å². The molecule has 2 aromatic rings. The van der Waals surface area contributed by atoms with Gasteiger partial charge in [-0.15, -0.1) is 0 Å². The summed E-state index contributed by atoms with van der Waals surface area (Å²) in [6.45, 7) is 4.38. The average Bonchev–Trinajstić information content (AvgIpc) is 2.68. The molecule has 2 aliphatic rings. The largest absolute Gasteiger partial charge is 0.482 e. The highest BCUT2D eigenvalue weighted by atomic mass is 16.5. The molecule has 5 heteroatoms.